The highest BCUT2D eigenvalue weighted by atomic mass is 79.9. The minimum absolute atomic E-state index is 1.17. The Hall–Kier alpha value is 1.18. The lowest BCUT2D eigenvalue weighted by molar-refractivity contribution is 0.574. The zero-order valence-corrected chi connectivity index (χ0v) is 12.3. The SMILES string of the molecule is SSCCCCCCCCCCCBr. The standard InChI is InChI=1S/C11H23BrS2/c12-10-8-6-4-2-1-3-5-7-9-11-14-13/h13H,1-11H2. The van der Waals surface area contributed by atoms with Gasteiger partial charge in [0.1, 0.15) is 0 Å². The summed E-state index contributed by atoms with van der Waals surface area (Å²) >= 11 is 7.58. The quantitative estimate of drug-likeness (QED) is 0.228. The molecule has 0 rings (SSSR count). The molecule has 86 valence electrons. The molecule has 0 nitrogen and oxygen atoms in total. The average molecular weight is 299 g/mol. The molecule has 0 aliphatic carbocycles. The van der Waals surface area contributed by atoms with E-state index in [2.05, 4.69) is 27.6 Å². The van der Waals surface area contributed by atoms with Crippen molar-refractivity contribution in [3.8, 4) is 0 Å². The van der Waals surface area contributed by atoms with E-state index in [-0.39, 0.29) is 0 Å². The van der Waals surface area contributed by atoms with Crippen molar-refractivity contribution in [3.63, 3.8) is 0 Å². The molecule has 0 heterocycles. The van der Waals surface area contributed by atoms with Crippen molar-refractivity contribution in [2.24, 2.45) is 0 Å². The summed E-state index contributed by atoms with van der Waals surface area (Å²) in [4.78, 5) is 0. The van der Waals surface area contributed by atoms with Crippen molar-refractivity contribution < 1.29 is 0 Å². The van der Waals surface area contributed by atoms with Gasteiger partial charge in [0.05, 0.1) is 0 Å². The number of hydrogen-bond acceptors (Lipinski definition) is 2. The average Bonchev–Trinajstić information content (AvgIpc) is 2.21. The van der Waals surface area contributed by atoms with Crippen LogP contribution >= 0.6 is 38.4 Å². The summed E-state index contributed by atoms with van der Waals surface area (Å²) < 4.78 is 0. The highest BCUT2D eigenvalue weighted by Gasteiger charge is 1.92. The van der Waals surface area contributed by atoms with Gasteiger partial charge in [0.25, 0.3) is 0 Å². The Kier molecular flexibility index (Phi) is 15.4. The number of unbranched alkanes of at least 4 members (excludes halogenated alkanes) is 8. The van der Waals surface area contributed by atoms with Gasteiger partial charge in [-0.25, -0.2) is 0 Å². The molecule has 0 saturated heterocycles. The zero-order valence-electron chi connectivity index (χ0n) is 9.01. The van der Waals surface area contributed by atoms with Gasteiger partial charge in [0, 0.05) is 11.1 Å². The molecule has 0 unspecified atom stereocenters. The second-order valence-corrected chi connectivity index (χ2v) is 5.94. The lowest BCUT2D eigenvalue weighted by Gasteiger charge is -2.01. The second kappa shape index (κ2) is 14.2. The van der Waals surface area contributed by atoms with Gasteiger partial charge in [-0.3, -0.25) is 0 Å². The third kappa shape index (κ3) is 13.2. The summed E-state index contributed by atoms with van der Waals surface area (Å²) in [5.41, 5.74) is 0. The molecule has 0 N–H and O–H groups in total. The maximum absolute atomic E-state index is 4.12. The van der Waals surface area contributed by atoms with Crippen molar-refractivity contribution in [3.05, 3.63) is 0 Å². The summed E-state index contributed by atoms with van der Waals surface area (Å²) in [6.07, 6.45) is 12.7. The fourth-order valence-corrected chi connectivity index (χ4v) is 2.62. The van der Waals surface area contributed by atoms with Crippen LogP contribution < -0.4 is 0 Å². The Morgan fingerprint density at radius 3 is 1.57 bits per heavy atom. The van der Waals surface area contributed by atoms with E-state index in [1.165, 1.54) is 68.9 Å². The van der Waals surface area contributed by atoms with Gasteiger partial charge in [0.15, 0.2) is 0 Å². The minimum Gasteiger partial charge on any atom is -0.111 e. The number of halogens is 1. The van der Waals surface area contributed by atoms with Crippen LogP contribution in [0.4, 0.5) is 0 Å². The number of rotatable bonds is 11. The van der Waals surface area contributed by atoms with Gasteiger partial charge in [-0.05, 0) is 12.8 Å². The number of hydrogen-bond donors (Lipinski definition) is 1. The fraction of sp³-hybridized carbons (Fsp3) is 1.00. The molecule has 0 saturated carbocycles. The van der Waals surface area contributed by atoms with Crippen LogP contribution in [-0.2, 0) is 0 Å². The van der Waals surface area contributed by atoms with E-state index in [0.29, 0.717) is 0 Å². The van der Waals surface area contributed by atoms with Crippen LogP contribution in [-0.4, -0.2) is 11.1 Å². The predicted molar refractivity (Wildman–Crippen MR) is 76.8 cm³/mol. The van der Waals surface area contributed by atoms with Crippen molar-refractivity contribution in [2.45, 2.75) is 57.8 Å². The molecule has 0 aromatic heterocycles. The van der Waals surface area contributed by atoms with Gasteiger partial charge >= 0.3 is 0 Å². The summed E-state index contributed by atoms with van der Waals surface area (Å²) in [6, 6.07) is 0. The summed E-state index contributed by atoms with van der Waals surface area (Å²) in [5.74, 6) is 1.22. The molecule has 0 atom stereocenters. The molecule has 0 aliphatic heterocycles. The van der Waals surface area contributed by atoms with Crippen LogP contribution in [0.5, 0.6) is 0 Å². The van der Waals surface area contributed by atoms with E-state index < -0.39 is 0 Å². The third-order valence-electron chi connectivity index (χ3n) is 2.37. The third-order valence-corrected chi connectivity index (χ3v) is 3.95. The number of thiol groups is 1. The van der Waals surface area contributed by atoms with E-state index in [9.17, 15) is 0 Å². The van der Waals surface area contributed by atoms with Crippen molar-refractivity contribution >= 4 is 38.4 Å². The maximum atomic E-state index is 4.12. The molecule has 14 heavy (non-hydrogen) atoms. The van der Waals surface area contributed by atoms with Crippen LogP contribution in [0, 0.1) is 0 Å². The second-order valence-electron chi connectivity index (χ2n) is 3.70. The Morgan fingerprint density at radius 2 is 1.14 bits per heavy atom. The highest BCUT2D eigenvalue weighted by Crippen LogP contribution is 2.13. The molecule has 3 heteroatoms. The van der Waals surface area contributed by atoms with Crippen LogP contribution in [0.3, 0.4) is 0 Å². The zero-order chi connectivity index (χ0) is 10.5. The van der Waals surface area contributed by atoms with Crippen LogP contribution in [0.2, 0.25) is 0 Å². The lowest BCUT2D eigenvalue weighted by Crippen LogP contribution is -1.83. The van der Waals surface area contributed by atoms with E-state index in [1.54, 1.807) is 10.8 Å². The van der Waals surface area contributed by atoms with Crippen molar-refractivity contribution in [1.29, 1.82) is 0 Å². The van der Waals surface area contributed by atoms with Crippen LogP contribution in [0.25, 0.3) is 0 Å². The molecular formula is C11H23BrS2. The first kappa shape index (κ1) is 15.2. The Morgan fingerprint density at radius 1 is 0.714 bits per heavy atom. The molecule has 0 radical (unpaired) electrons. The maximum Gasteiger partial charge on any atom is 0.00345 e. The van der Waals surface area contributed by atoms with E-state index in [1.807, 2.05) is 0 Å². The summed E-state index contributed by atoms with van der Waals surface area (Å²) in [6.45, 7) is 0. The van der Waals surface area contributed by atoms with Crippen molar-refractivity contribution in [2.75, 3.05) is 11.1 Å². The smallest absolute Gasteiger partial charge is 0.00345 e. The van der Waals surface area contributed by atoms with Crippen LogP contribution in [0.15, 0.2) is 0 Å². The monoisotopic (exact) mass is 298 g/mol. The Bertz CT molecular complexity index is 87.3. The molecular weight excluding hydrogens is 276 g/mol. The highest BCUT2D eigenvalue weighted by molar-refractivity contribution is 9.09. The molecule has 0 aliphatic rings. The first-order chi connectivity index (χ1) is 6.91. The van der Waals surface area contributed by atoms with Gasteiger partial charge < -0.3 is 0 Å². The van der Waals surface area contributed by atoms with Gasteiger partial charge in [0.2, 0.25) is 0 Å². The van der Waals surface area contributed by atoms with E-state index in [0.717, 1.165) is 0 Å². The molecule has 0 aromatic carbocycles. The van der Waals surface area contributed by atoms with Gasteiger partial charge in [-0.2, -0.15) is 0 Å². The van der Waals surface area contributed by atoms with Crippen molar-refractivity contribution in [1.82, 2.24) is 0 Å². The molecule has 0 aromatic rings. The summed E-state index contributed by atoms with van der Waals surface area (Å²) in [5, 5.41) is 1.17. The largest absolute Gasteiger partial charge is 0.111 e. The Balaban J connectivity index is 2.78. The van der Waals surface area contributed by atoms with Gasteiger partial charge in [-0.15, -0.1) is 11.7 Å². The fourth-order valence-electron chi connectivity index (χ4n) is 1.50. The van der Waals surface area contributed by atoms with Crippen LogP contribution in [0.1, 0.15) is 57.8 Å². The van der Waals surface area contributed by atoms with E-state index in [4.69, 9.17) is 0 Å². The predicted octanol–water partition coefficient (Wildman–Crippen LogP) is 5.47. The van der Waals surface area contributed by atoms with Gasteiger partial charge in [-0.1, -0.05) is 71.7 Å². The molecule has 0 spiro atoms. The topological polar surface area (TPSA) is 0 Å². The minimum atomic E-state index is 1.17. The first-order valence-electron chi connectivity index (χ1n) is 5.74. The number of alkyl halides is 1. The normalized spacial score (nSPS) is 10.7. The first-order valence-corrected chi connectivity index (χ1v) is 8.90. The molecule has 0 fully saturated rings. The molecule has 0 amide bonds. The van der Waals surface area contributed by atoms with E-state index >= 15 is 0 Å². The summed E-state index contributed by atoms with van der Waals surface area (Å²) in [7, 11) is 1.67. The molecule has 0 bridgehead atoms. The Labute approximate surface area is 107 Å². The lowest BCUT2D eigenvalue weighted by atomic mass is 10.1.